The van der Waals surface area contributed by atoms with Crippen molar-refractivity contribution in [1.82, 2.24) is 40.8 Å². The maximum atomic E-state index is 11.7. The molecule has 4 rings (SSSR count). The molecule has 4 aromatic rings. The Bertz CT molecular complexity index is 1800. The van der Waals surface area contributed by atoms with Gasteiger partial charge in [0.2, 0.25) is 0 Å². The first kappa shape index (κ1) is 78.9. The maximum Gasteiger partial charge on any atom is 1.00 e. The average Bonchev–Trinajstić information content (AvgIpc) is 4.01. The molecule has 0 aliphatic rings. The van der Waals surface area contributed by atoms with E-state index >= 15 is 0 Å². The number of alkyl halides is 24. The third-order valence-electron chi connectivity index (χ3n) is 6.26. The van der Waals surface area contributed by atoms with Gasteiger partial charge in [-0.05, 0) is 72.7 Å². The topological polar surface area (TPSA) is 108 Å². The summed E-state index contributed by atoms with van der Waals surface area (Å²) < 4.78 is 281. The molecule has 0 saturated heterocycles. The van der Waals surface area contributed by atoms with Crippen molar-refractivity contribution in [1.29, 1.82) is 0 Å². The van der Waals surface area contributed by atoms with Crippen molar-refractivity contribution >= 4 is 0 Å². The van der Waals surface area contributed by atoms with Crippen molar-refractivity contribution < 1.29 is 174 Å². The molecule has 0 amide bonds. The Morgan fingerprint density at radius 2 is 0.431 bits per heavy atom. The van der Waals surface area contributed by atoms with Crippen LogP contribution in [0.3, 0.4) is 0 Å². The van der Waals surface area contributed by atoms with E-state index in [1.165, 1.54) is 0 Å². The van der Waals surface area contributed by atoms with Crippen LogP contribution in [0.15, 0.2) is 24.3 Å². The Hall–Kier alpha value is -4.52. The Balaban J connectivity index is -0.000000182. The van der Waals surface area contributed by atoms with E-state index in [1.807, 2.05) is 0 Å². The molecule has 0 unspecified atom stereocenters. The van der Waals surface area contributed by atoms with Crippen LogP contribution in [0.1, 0.15) is 96.9 Å². The molecule has 4 aromatic heterocycles. The number of unbranched alkanes of at least 4 members (excludes halogenated alkanes) is 6. The monoisotopic (exact) mass is 1280 g/mol. The number of terminal acetylenes is 4. The Kier molecular flexibility index (Phi) is 37.3. The Labute approximate surface area is 432 Å². The number of aromatic nitrogens is 8. The Morgan fingerprint density at radius 3 is 0.500 bits per heavy atom. The van der Waals surface area contributed by atoms with Gasteiger partial charge in [0.1, 0.15) is 22.8 Å². The van der Waals surface area contributed by atoms with Crippen molar-refractivity contribution in [2.45, 2.75) is 101 Å². The number of hydrogen-bond acceptors (Lipinski definition) is 4. The minimum Gasteiger partial charge on any atom is -0.571 e. The van der Waals surface area contributed by atoms with Crippen LogP contribution >= 0.6 is 0 Å². The molecule has 0 atom stereocenters. The third-order valence-corrected chi connectivity index (χ3v) is 6.26. The van der Waals surface area contributed by atoms with Crippen LogP contribution in [0.4, 0.5) is 105 Å². The quantitative estimate of drug-likeness (QED) is 0.0813. The molecule has 36 heteroatoms. The van der Waals surface area contributed by atoms with Gasteiger partial charge in [0.25, 0.3) is 0 Å². The molecule has 0 aromatic carbocycles. The van der Waals surface area contributed by atoms with E-state index in [9.17, 15) is 105 Å². The summed E-state index contributed by atoms with van der Waals surface area (Å²) >= 11 is 0. The first-order valence-corrected chi connectivity index (χ1v) is 17.0. The van der Waals surface area contributed by atoms with E-state index in [4.69, 9.17) is 25.7 Å². The van der Waals surface area contributed by atoms with Gasteiger partial charge in [-0.3, -0.25) is 0 Å². The summed E-state index contributed by atoms with van der Waals surface area (Å²) in [5, 5.41) is 18.9. The van der Waals surface area contributed by atoms with Gasteiger partial charge in [0.15, 0.2) is 0 Å². The molecule has 72 heavy (non-hydrogen) atoms. The smallest absolute Gasteiger partial charge is 0.571 e. The zero-order valence-electron chi connectivity index (χ0n) is 34.1. The second kappa shape index (κ2) is 34.1. The summed E-state index contributed by atoms with van der Waals surface area (Å²) in [6, 6.07) is -0.556. The number of nitrogens with zero attached hydrogens (tertiary/aromatic N) is 8. The van der Waals surface area contributed by atoms with Crippen LogP contribution in [0, 0.1) is 49.4 Å². The first-order valence-electron chi connectivity index (χ1n) is 17.0. The van der Waals surface area contributed by atoms with Crippen LogP contribution in [0.2, 0.25) is 0 Å². The molecular weight excluding hydrogens is 1250 g/mol. The largest absolute Gasteiger partial charge is 1.00 e. The van der Waals surface area contributed by atoms with Crippen LogP contribution in [0.25, 0.3) is 0 Å². The molecule has 0 fully saturated rings. The van der Waals surface area contributed by atoms with Crippen molar-refractivity contribution in [2.24, 2.45) is 0 Å². The van der Waals surface area contributed by atoms with Gasteiger partial charge >= 0.3 is 118 Å². The van der Waals surface area contributed by atoms with Crippen molar-refractivity contribution in [3.8, 4) is 49.4 Å². The van der Waals surface area contributed by atoms with Gasteiger partial charge in [-0.2, -0.15) is 105 Å². The SMILES string of the molecule is C#CCCCCC#C.C#CCCCCC#C.FC(F)(F)c1cc(C(F)(F)F)[n-]n1.FC(F)(F)c1cc(C(F)(F)F)[n-]n1.FC(F)(F)c1cc(C(F)(F)F)[n-]n1.FC(F)(F)c1cc(C(F)(F)F)[n-]n1.[Cu+].[Cu+].[Cu+].[Cu+]. The van der Waals surface area contributed by atoms with Gasteiger partial charge in [-0.25, -0.2) is 0 Å². The fourth-order valence-corrected chi connectivity index (χ4v) is 3.20. The first-order chi connectivity index (χ1) is 30.7. The minimum absolute atomic E-state index is 0. The standard InChI is InChI=1S/2C8H10.4C5HF6N2.4Cu/c2*1-3-5-7-8-6-4-2;4*6-4(7,8)2-1-3(13-12-2)5(9,10)11;;;;/h2*1-2H,5-8H2;4*1H;;;;/q;;4*-1;4*+1. The summed E-state index contributed by atoms with van der Waals surface area (Å²) in [6.45, 7) is 0. The molecule has 0 aliphatic carbocycles. The summed E-state index contributed by atoms with van der Waals surface area (Å²) in [6.07, 6.45) is -11.4. The van der Waals surface area contributed by atoms with E-state index in [1.54, 1.807) is 0 Å². The molecule has 420 valence electrons. The minimum atomic E-state index is -4.89. The van der Waals surface area contributed by atoms with Crippen molar-refractivity contribution in [3.63, 3.8) is 0 Å². The van der Waals surface area contributed by atoms with Crippen LogP contribution in [-0.2, 0) is 118 Å². The van der Waals surface area contributed by atoms with Gasteiger partial charge in [0, 0.05) is 25.7 Å². The molecule has 8 nitrogen and oxygen atoms in total. The van der Waals surface area contributed by atoms with E-state index in [2.05, 4.69) is 64.5 Å². The molecule has 0 saturated carbocycles. The zero-order chi connectivity index (χ0) is 53.6. The summed E-state index contributed by atoms with van der Waals surface area (Å²) in [4.78, 5) is 0. The third kappa shape index (κ3) is 34.0. The fourth-order valence-electron chi connectivity index (χ4n) is 3.20. The number of rotatable bonds is 6. The number of hydrogen-bond donors (Lipinski definition) is 0. The molecule has 0 N–H and O–H groups in total. The van der Waals surface area contributed by atoms with Crippen LogP contribution in [-0.4, -0.2) is 20.4 Å². The van der Waals surface area contributed by atoms with Gasteiger partial charge in [-0.1, -0.05) is 0 Å². The average molecular weight is 1280 g/mol. The fraction of sp³-hybridized carbons (Fsp3) is 0.444. The van der Waals surface area contributed by atoms with Crippen molar-refractivity contribution in [3.05, 3.63) is 69.8 Å². The van der Waals surface area contributed by atoms with Crippen LogP contribution in [0.5, 0.6) is 0 Å². The normalized spacial score (nSPS) is 11.3. The molecular formula is C36H24Cu4F24N8. The molecule has 0 radical (unpaired) electrons. The van der Waals surface area contributed by atoms with E-state index < -0.39 is 95.0 Å². The zero-order valence-corrected chi connectivity index (χ0v) is 37.9. The summed E-state index contributed by atoms with van der Waals surface area (Å²) in [5.74, 6) is 10.2. The Morgan fingerprint density at radius 1 is 0.292 bits per heavy atom. The van der Waals surface area contributed by atoms with Crippen LogP contribution < -0.4 is 20.4 Å². The van der Waals surface area contributed by atoms with E-state index in [0.717, 1.165) is 51.4 Å². The predicted octanol–water partition coefficient (Wildman–Crippen LogP) is 11.9. The maximum absolute atomic E-state index is 11.7. The second-order valence-corrected chi connectivity index (χ2v) is 11.7. The molecule has 0 bridgehead atoms. The molecule has 4 heterocycles. The van der Waals surface area contributed by atoms with Crippen molar-refractivity contribution in [2.75, 3.05) is 0 Å². The van der Waals surface area contributed by atoms with Gasteiger partial charge in [-0.15, -0.1) is 49.4 Å². The predicted molar refractivity (Wildman–Crippen MR) is 183 cm³/mol. The molecule has 0 aliphatic heterocycles. The molecule has 0 spiro atoms. The van der Waals surface area contributed by atoms with E-state index in [-0.39, 0.29) is 92.5 Å². The second-order valence-electron chi connectivity index (χ2n) is 11.7. The van der Waals surface area contributed by atoms with E-state index in [0.29, 0.717) is 0 Å². The summed E-state index contributed by atoms with van der Waals surface area (Å²) in [5.41, 5.74) is -13.1. The summed E-state index contributed by atoms with van der Waals surface area (Å²) in [7, 11) is 0. The van der Waals surface area contributed by atoms with Gasteiger partial charge < -0.3 is 40.8 Å². The number of halogens is 24. The van der Waals surface area contributed by atoms with Gasteiger partial charge in [0.05, 0.1) is 0 Å².